The van der Waals surface area contributed by atoms with Gasteiger partial charge in [-0.05, 0) is 32.9 Å². The second-order valence-corrected chi connectivity index (χ2v) is 5.08. The van der Waals surface area contributed by atoms with Crippen LogP contribution in [0.15, 0.2) is 23.0 Å². The van der Waals surface area contributed by atoms with Crippen LogP contribution in [0.4, 0.5) is 5.69 Å². The number of nitrogens with zero attached hydrogens (tertiary/aromatic N) is 1. The van der Waals surface area contributed by atoms with Crippen LogP contribution in [0.1, 0.15) is 30.0 Å². The molecule has 2 aromatic rings. The van der Waals surface area contributed by atoms with Crippen LogP contribution < -0.4 is 20.3 Å². The molecule has 1 aromatic carbocycles. The second-order valence-electron chi connectivity index (χ2n) is 5.08. The first-order valence-corrected chi connectivity index (χ1v) is 6.78. The summed E-state index contributed by atoms with van der Waals surface area (Å²) in [5.74, 6) is 2.07. The van der Waals surface area contributed by atoms with Crippen molar-refractivity contribution in [1.82, 2.24) is 9.97 Å². The third-order valence-electron chi connectivity index (χ3n) is 3.45. The first kappa shape index (κ1) is 13.5. The number of hydrogen-bond donors (Lipinski definition) is 2. The van der Waals surface area contributed by atoms with Gasteiger partial charge in [0.15, 0.2) is 11.5 Å². The van der Waals surface area contributed by atoms with E-state index in [1.54, 1.807) is 6.92 Å². The number of hydrogen-bond acceptors (Lipinski definition) is 5. The summed E-state index contributed by atoms with van der Waals surface area (Å²) in [6, 6.07) is 5.45. The Kier molecular flexibility index (Phi) is 3.29. The van der Waals surface area contributed by atoms with Crippen LogP contribution in [0.5, 0.6) is 11.5 Å². The van der Waals surface area contributed by atoms with Gasteiger partial charge >= 0.3 is 0 Å². The van der Waals surface area contributed by atoms with Crippen molar-refractivity contribution in [2.45, 2.75) is 26.8 Å². The lowest BCUT2D eigenvalue weighted by molar-refractivity contribution is 0.174. The maximum absolute atomic E-state index is 12.1. The van der Waals surface area contributed by atoms with Crippen LogP contribution in [0.25, 0.3) is 0 Å². The summed E-state index contributed by atoms with van der Waals surface area (Å²) in [5.41, 5.74) is 2.13. The van der Waals surface area contributed by atoms with E-state index in [4.69, 9.17) is 9.47 Å². The predicted octanol–water partition coefficient (Wildman–Crippen LogP) is 2.29. The number of fused-ring (bicyclic) bond motifs is 1. The highest BCUT2D eigenvalue weighted by Gasteiger charge is 2.17. The first-order chi connectivity index (χ1) is 10.0. The van der Waals surface area contributed by atoms with E-state index in [2.05, 4.69) is 15.3 Å². The topological polar surface area (TPSA) is 76.2 Å². The van der Waals surface area contributed by atoms with Crippen LogP contribution in [-0.2, 0) is 0 Å². The second kappa shape index (κ2) is 5.12. The van der Waals surface area contributed by atoms with Gasteiger partial charge in [-0.25, -0.2) is 4.98 Å². The molecule has 1 aliphatic heterocycles. The van der Waals surface area contributed by atoms with Gasteiger partial charge in [0.1, 0.15) is 5.82 Å². The van der Waals surface area contributed by atoms with Crippen molar-refractivity contribution in [1.29, 1.82) is 0 Å². The average Bonchev–Trinajstić information content (AvgIpc) is 2.84. The predicted molar refractivity (Wildman–Crippen MR) is 78.9 cm³/mol. The van der Waals surface area contributed by atoms with Crippen LogP contribution in [0.3, 0.4) is 0 Å². The molecule has 1 unspecified atom stereocenters. The van der Waals surface area contributed by atoms with E-state index in [1.807, 2.05) is 32.0 Å². The molecule has 0 saturated heterocycles. The first-order valence-electron chi connectivity index (χ1n) is 6.78. The minimum Gasteiger partial charge on any atom is -0.454 e. The molecule has 0 bridgehead atoms. The van der Waals surface area contributed by atoms with Crippen LogP contribution in [0.2, 0.25) is 0 Å². The number of rotatable bonds is 3. The maximum atomic E-state index is 12.1. The van der Waals surface area contributed by atoms with E-state index in [0.29, 0.717) is 17.1 Å². The Bertz CT molecular complexity index is 739. The summed E-state index contributed by atoms with van der Waals surface area (Å²) >= 11 is 0. The molecule has 0 radical (unpaired) electrons. The highest BCUT2D eigenvalue weighted by atomic mass is 16.7. The molecule has 3 rings (SSSR count). The van der Waals surface area contributed by atoms with Gasteiger partial charge in [0.25, 0.3) is 5.56 Å². The van der Waals surface area contributed by atoms with Crippen molar-refractivity contribution in [2.75, 3.05) is 12.1 Å². The lowest BCUT2D eigenvalue weighted by atomic mass is 10.1. The molecule has 2 heterocycles. The average molecular weight is 287 g/mol. The van der Waals surface area contributed by atoms with Crippen molar-refractivity contribution in [3.63, 3.8) is 0 Å². The molecule has 0 saturated carbocycles. The van der Waals surface area contributed by atoms with Crippen molar-refractivity contribution >= 4 is 5.69 Å². The Morgan fingerprint density at radius 3 is 2.81 bits per heavy atom. The van der Waals surface area contributed by atoms with Gasteiger partial charge in [0.05, 0.1) is 17.3 Å². The van der Waals surface area contributed by atoms with Gasteiger partial charge < -0.3 is 19.8 Å². The van der Waals surface area contributed by atoms with Gasteiger partial charge in [-0.2, -0.15) is 0 Å². The third kappa shape index (κ3) is 2.56. The number of nitrogens with one attached hydrogen (secondary N) is 2. The molecule has 0 spiro atoms. The molecule has 21 heavy (non-hydrogen) atoms. The Labute approximate surface area is 122 Å². The van der Waals surface area contributed by atoms with Gasteiger partial charge in [-0.3, -0.25) is 4.79 Å². The van der Waals surface area contributed by atoms with Crippen LogP contribution >= 0.6 is 0 Å². The number of H-pyrrole nitrogens is 1. The fourth-order valence-corrected chi connectivity index (χ4v) is 2.55. The van der Waals surface area contributed by atoms with Crippen molar-refractivity contribution < 1.29 is 9.47 Å². The summed E-state index contributed by atoms with van der Waals surface area (Å²) in [4.78, 5) is 19.2. The summed E-state index contributed by atoms with van der Waals surface area (Å²) in [7, 11) is 0. The maximum Gasteiger partial charge on any atom is 0.256 e. The van der Waals surface area contributed by atoms with Crippen molar-refractivity contribution in [3.05, 3.63) is 45.6 Å². The van der Waals surface area contributed by atoms with E-state index in [0.717, 1.165) is 17.1 Å². The standard InChI is InChI=1S/C15H17N3O3/c1-8-14(15(19)18-10(3)16-8)9(2)17-11-4-5-12-13(6-11)21-7-20-12/h4-6,9,17H,7H2,1-3H3,(H,16,18,19). The minimum atomic E-state index is -0.165. The summed E-state index contributed by atoms with van der Waals surface area (Å²) in [6.45, 7) is 5.79. The van der Waals surface area contributed by atoms with E-state index in [-0.39, 0.29) is 18.4 Å². The smallest absolute Gasteiger partial charge is 0.256 e. The molecular weight excluding hydrogens is 270 g/mol. The van der Waals surface area contributed by atoms with E-state index in [1.165, 1.54) is 0 Å². The lowest BCUT2D eigenvalue weighted by Crippen LogP contribution is -2.23. The van der Waals surface area contributed by atoms with Crippen LogP contribution in [0, 0.1) is 13.8 Å². The van der Waals surface area contributed by atoms with Gasteiger partial charge in [-0.1, -0.05) is 0 Å². The molecule has 0 amide bonds. The summed E-state index contributed by atoms with van der Waals surface area (Å²) < 4.78 is 10.6. The number of aromatic nitrogens is 2. The molecule has 1 aliphatic rings. The molecule has 2 N–H and O–H groups in total. The normalized spacial score (nSPS) is 14.0. The molecule has 1 aromatic heterocycles. The zero-order valence-electron chi connectivity index (χ0n) is 12.2. The Morgan fingerprint density at radius 1 is 1.29 bits per heavy atom. The van der Waals surface area contributed by atoms with Gasteiger partial charge in [0, 0.05) is 11.8 Å². The fraction of sp³-hybridized carbons (Fsp3) is 0.333. The minimum absolute atomic E-state index is 0.110. The van der Waals surface area contributed by atoms with Crippen molar-refractivity contribution in [3.8, 4) is 11.5 Å². The molecule has 6 heteroatoms. The molecule has 1 atom stereocenters. The van der Waals surface area contributed by atoms with Gasteiger partial charge in [-0.15, -0.1) is 0 Å². The van der Waals surface area contributed by atoms with E-state index >= 15 is 0 Å². The molecule has 0 aliphatic carbocycles. The quantitative estimate of drug-likeness (QED) is 0.905. The molecular formula is C15H17N3O3. The molecule has 0 fully saturated rings. The lowest BCUT2D eigenvalue weighted by Gasteiger charge is -2.17. The Hall–Kier alpha value is -2.50. The number of aryl methyl sites for hydroxylation is 2. The van der Waals surface area contributed by atoms with Crippen LogP contribution in [-0.4, -0.2) is 16.8 Å². The molecule has 110 valence electrons. The largest absolute Gasteiger partial charge is 0.454 e. The monoisotopic (exact) mass is 287 g/mol. The zero-order valence-corrected chi connectivity index (χ0v) is 12.2. The summed E-state index contributed by atoms with van der Waals surface area (Å²) in [5, 5.41) is 3.29. The Morgan fingerprint density at radius 2 is 2.05 bits per heavy atom. The summed E-state index contributed by atoms with van der Waals surface area (Å²) in [6.07, 6.45) is 0. The fourth-order valence-electron chi connectivity index (χ4n) is 2.55. The Balaban J connectivity index is 1.87. The number of anilines is 1. The van der Waals surface area contributed by atoms with Crippen molar-refractivity contribution in [2.24, 2.45) is 0 Å². The van der Waals surface area contributed by atoms with Gasteiger partial charge in [0.2, 0.25) is 6.79 Å². The van der Waals surface area contributed by atoms with E-state index < -0.39 is 0 Å². The number of benzene rings is 1. The molecule has 6 nitrogen and oxygen atoms in total. The van der Waals surface area contributed by atoms with E-state index in [9.17, 15) is 4.79 Å². The SMILES string of the molecule is Cc1nc(C)c(C(C)Nc2ccc3c(c2)OCO3)c(=O)[nH]1. The number of aromatic amines is 1. The third-order valence-corrected chi connectivity index (χ3v) is 3.45. The zero-order chi connectivity index (χ0) is 15.0. The number of ether oxygens (including phenoxy) is 2. The highest BCUT2D eigenvalue weighted by molar-refractivity contribution is 5.56. The highest BCUT2D eigenvalue weighted by Crippen LogP contribution is 2.35.